The Hall–Kier alpha value is -2.89. The molecule has 8 nitrogen and oxygen atoms in total. The van der Waals surface area contributed by atoms with Crippen molar-refractivity contribution in [1.29, 1.82) is 5.26 Å². The van der Waals surface area contributed by atoms with Gasteiger partial charge in [0, 0.05) is 38.3 Å². The average Bonchev–Trinajstić information content (AvgIpc) is 2.68. The largest absolute Gasteiger partial charge is 0.492 e. The van der Waals surface area contributed by atoms with E-state index in [1.807, 2.05) is 30.3 Å². The van der Waals surface area contributed by atoms with Crippen LogP contribution < -0.4 is 16.2 Å². The molecule has 1 aliphatic rings. The van der Waals surface area contributed by atoms with Crippen molar-refractivity contribution in [2.24, 2.45) is 0 Å². The fraction of sp³-hybridized carbons (Fsp3) is 0.421. The number of benzene rings is 1. The third-order valence-corrected chi connectivity index (χ3v) is 4.78. The summed E-state index contributed by atoms with van der Waals surface area (Å²) in [4.78, 5) is 12.9. The van der Waals surface area contributed by atoms with Gasteiger partial charge in [0.15, 0.2) is 0 Å². The van der Waals surface area contributed by atoms with Crippen LogP contribution in [-0.2, 0) is 0 Å². The number of nitrogens with two attached hydrogens (primary N) is 2. The number of likely N-dealkylation sites (N-methyl/N-ethyl adjacent to an activating group) is 1. The first-order valence-corrected chi connectivity index (χ1v) is 9.11. The van der Waals surface area contributed by atoms with Crippen molar-refractivity contribution < 1.29 is 4.74 Å². The van der Waals surface area contributed by atoms with Crippen LogP contribution in [0.15, 0.2) is 24.3 Å². The Morgan fingerprint density at radius 3 is 2.37 bits per heavy atom. The molecule has 0 bridgehead atoms. The van der Waals surface area contributed by atoms with Crippen molar-refractivity contribution in [2.45, 2.75) is 6.92 Å². The molecular formula is C19H25N7O. The minimum Gasteiger partial charge on any atom is -0.492 e. The first-order valence-electron chi connectivity index (χ1n) is 9.11. The number of nitrogen functional groups attached to an aromatic ring is 2. The summed E-state index contributed by atoms with van der Waals surface area (Å²) < 4.78 is 5.85. The molecule has 142 valence electrons. The minimum absolute atomic E-state index is 0.0463. The van der Waals surface area contributed by atoms with Gasteiger partial charge >= 0.3 is 0 Å². The number of aromatic nitrogens is 2. The summed E-state index contributed by atoms with van der Waals surface area (Å²) in [7, 11) is 0. The summed E-state index contributed by atoms with van der Waals surface area (Å²) >= 11 is 0. The van der Waals surface area contributed by atoms with E-state index in [0.29, 0.717) is 12.3 Å². The van der Waals surface area contributed by atoms with Gasteiger partial charge in [-0.2, -0.15) is 10.2 Å². The molecule has 0 spiro atoms. The number of ether oxygens (including phenoxy) is 1. The van der Waals surface area contributed by atoms with E-state index in [0.717, 1.165) is 50.6 Å². The van der Waals surface area contributed by atoms with Gasteiger partial charge in [-0.05, 0) is 30.8 Å². The molecule has 4 N–H and O–H groups in total. The topological polar surface area (TPSA) is 117 Å². The number of hydrogen-bond donors (Lipinski definition) is 2. The molecule has 3 rings (SSSR count). The molecule has 0 saturated carbocycles. The number of nitrogens with zero attached hydrogens (tertiary/aromatic N) is 5. The van der Waals surface area contributed by atoms with E-state index in [1.165, 1.54) is 0 Å². The van der Waals surface area contributed by atoms with Crippen LogP contribution in [0.4, 0.5) is 11.8 Å². The second-order valence-corrected chi connectivity index (χ2v) is 6.45. The Balaban J connectivity index is 1.58. The van der Waals surface area contributed by atoms with Crippen LogP contribution in [0.3, 0.4) is 0 Å². The predicted molar refractivity (Wildman–Crippen MR) is 105 cm³/mol. The Morgan fingerprint density at radius 2 is 1.74 bits per heavy atom. The van der Waals surface area contributed by atoms with Gasteiger partial charge in [-0.15, -0.1) is 0 Å². The zero-order chi connectivity index (χ0) is 19.2. The molecule has 1 aliphatic heterocycles. The number of anilines is 2. The third kappa shape index (κ3) is 4.64. The fourth-order valence-electron chi connectivity index (χ4n) is 3.15. The molecule has 8 heteroatoms. The molecular weight excluding hydrogens is 342 g/mol. The highest BCUT2D eigenvalue weighted by molar-refractivity contribution is 5.73. The van der Waals surface area contributed by atoms with E-state index >= 15 is 0 Å². The Bertz CT molecular complexity index is 808. The quantitative estimate of drug-likeness (QED) is 0.782. The average molecular weight is 367 g/mol. The molecule has 0 aliphatic carbocycles. The predicted octanol–water partition coefficient (Wildman–Crippen LogP) is 1.20. The zero-order valence-corrected chi connectivity index (χ0v) is 15.6. The highest BCUT2D eigenvalue weighted by Gasteiger charge is 2.15. The Labute approximate surface area is 159 Å². The lowest BCUT2D eigenvalue weighted by Crippen LogP contribution is -2.47. The van der Waals surface area contributed by atoms with Gasteiger partial charge in [-0.3, -0.25) is 4.90 Å². The lowest BCUT2D eigenvalue weighted by atomic mass is 10.1. The summed E-state index contributed by atoms with van der Waals surface area (Å²) in [6.07, 6.45) is 0. The maximum absolute atomic E-state index is 9.30. The Kier molecular flexibility index (Phi) is 6.06. The first-order chi connectivity index (χ1) is 13.1. The minimum atomic E-state index is 0.0463. The second-order valence-electron chi connectivity index (χ2n) is 6.45. The highest BCUT2D eigenvalue weighted by Crippen LogP contribution is 2.26. The van der Waals surface area contributed by atoms with Crippen LogP contribution in [0.1, 0.15) is 12.5 Å². The molecule has 0 radical (unpaired) electrons. The lowest BCUT2D eigenvalue weighted by molar-refractivity contribution is 0.121. The standard InChI is InChI=1S/C19H25N7O/c1-2-25-7-9-26(10-8-25)11-12-27-15-5-3-14(4-6-15)17-16(13-20)18(21)24-19(22)23-17/h3-6H,2,7-12H2,1H3,(H4,21,22,23,24). The summed E-state index contributed by atoms with van der Waals surface area (Å²) in [5, 5.41) is 9.30. The molecule has 27 heavy (non-hydrogen) atoms. The Morgan fingerprint density at radius 1 is 1.07 bits per heavy atom. The van der Waals surface area contributed by atoms with Crippen molar-refractivity contribution in [3.8, 4) is 23.1 Å². The monoisotopic (exact) mass is 367 g/mol. The summed E-state index contributed by atoms with van der Waals surface area (Å²) in [5.41, 5.74) is 12.8. The molecule has 0 atom stereocenters. The molecule has 0 unspecified atom stereocenters. The van der Waals surface area contributed by atoms with Crippen molar-refractivity contribution >= 4 is 11.8 Å². The number of nitriles is 1. The van der Waals surface area contributed by atoms with E-state index in [1.54, 1.807) is 0 Å². The van der Waals surface area contributed by atoms with Crippen LogP contribution in [-0.4, -0.2) is 65.6 Å². The molecule has 1 saturated heterocycles. The molecule has 0 amide bonds. The van der Waals surface area contributed by atoms with Gasteiger partial charge in [-0.1, -0.05) is 6.92 Å². The normalized spacial score (nSPS) is 15.4. The lowest BCUT2D eigenvalue weighted by Gasteiger charge is -2.33. The van der Waals surface area contributed by atoms with Crippen LogP contribution in [0.2, 0.25) is 0 Å². The molecule has 1 fully saturated rings. The van der Waals surface area contributed by atoms with Crippen LogP contribution >= 0.6 is 0 Å². The summed E-state index contributed by atoms with van der Waals surface area (Å²) in [6, 6.07) is 9.45. The molecule has 1 aromatic carbocycles. The maximum Gasteiger partial charge on any atom is 0.222 e. The van der Waals surface area contributed by atoms with E-state index in [9.17, 15) is 5.26 Å². The maximum atomic E-state index is 9.30. The van der Waals surface area contributed by atoms with Crippen molar-refractivity contribution in [1.82, 2.24) is 19.8 Å². The smallest absolute Gasteiger partial charge is 0.222 e. The molecule has 1 aromatic heterocycles. The SMILES string of the molecule is CCN1CCN(CCOc2ccc(-c3nc(N)nc(N)c3C#N)cc2)CC1. The first kappa shape index (κ1) is 18.9. The van der Waals surface area contributed by atoms with Gasteiger partial charge in [0.25, 0.3) is 0 Å². The van der Waals surface area contributed by atoms with Crippen molar-refractivity contribution in [2.75, 3.05) is 57.3 Å². The highest BCUT2D eigenvalue weighted by atomic mass is 16.5. The molecule has 2 aromatic rings. The van der Waals surface area contributed by atoms with Crippen LogP contribution in [0.5, 0.6) is 5.75 Å². The van der Waals surface area contributed by atoms with E-state index in [4.69, 9.17) is 16.2 Å². The van der Waals surface area contributed by atoms with Gasteiger partial charge in [0.1, 0.15) is 29.8 Å². The fourth-order valence-corrected chi connectivity index (χ4v) is 3.15. The van der Waals surface area contributed by atoms with Gasteiger partial charge in [0.05, 0.1) is 5.69 Å². The van der Waals surface area contributed by atoms with Crippen LogP contribution in [0, 0.1) is 11.3 Å². The molecule has 2 heterocycles. The zero-order valence-electron chi connectivity index (χ0n) is 15.6. The van der Waals surface area contributed by atoms with E-state index < -0.39 is 0 Å². The van der Waals surface area contributed by atoms with Gasteiger partial charge in [-0.25, -0.2) is 4.98 Å². The second kappa shape index (κ2) is 8.66. The summed E-state index contributed by atoms with van der Waals surface area (Å²) in [6.45, 7) is 9.29. The third-order valence-electron chi connectivity index (χ3n) is 4.78. The van der Waals surface area contributed by atoms with Crippen LogP contribution in [0.25, 0.3) is 11.3 Å². The van der Waals surface area contributed by atoms with Crippen molar-refractivity contribution in [3.05, 3.63) is 29.8 Å². The van der Waals surface area contributed by atoms with E-state index in [-0.39, 0.29) is 17.3 Å². The van der Waals surface area contributed by atoms with E-state index in [2.05, 4.69) is 26.7 Å². The number of hydrogen-bond acceptors (Lipinski definition) is 8. The number of rotatable bonds is 6. The summed E-state index contributed by atoms with van der Waals surface area (Å²) in [5.74, 6) is 0.910. The van der Waals surface area contributed by atoms with Gasteiger partial charge in [0.2, 0.25) is 5.95 Å². The van der Waals surface area contributed by atoms with Gasteiger partial charge < -0.3 is 21.1 Å². The number of piperazine rings is 1. The van der Waals surface area contributed by atoms with Crippen molar-refractivity contribution in [3.63, 3.8) is 0 Å².